The average molecular weight is 555 g/mol. The molecule has 0 saturated carbocycles. The zero-order valence-electron chi connectivity index (χ0n) is 21.9. The van der Waals surface area contributed by atoms with Crippen LogP contribution in [0.15, 0.2) is 43.0 Å². The summed E-state index contributed by atoms with van der Waals surface area (Å²) in [6.07, 6.45) is 4.95. The molecule has 39 heavy (non-hydrogen) atoms. The molecule has 2 unspecified atom stereocenters. The van der Waals surface area contributed by atoms with Crippen molar-refractivity contribution in [2.24, 2.45) is 17.3 Å². The van der Waals surface area contributed by atoms with Gasteiger partial charge < -0.3 is 9.88 Å². The van der Waals surface area contributed by atoms with E-state index in [4.69, 9.17) is 11.6 Å². The third-order valence-electron chi connectivity index (χ3n) is 8.26. The van der Waals surface area contributed by atoms with Crippen molar-refractivity contribution in [1.29, 1.82) is 0 Å². The fraction of sp³-hybridized carbons (Fsp3) is 0.429. The quantitative estimate of drug-likeness (QED) is 0.359. The van der Waals surface area contributed by atoms with Crippen LogP contribution in [0, 0.1) is 17.3 Å². The van der Waals surface area contributed by atoms with E-state index in [9.17, 15) is 18.4 Å². The van der Waals surface area contributed by atoms with Gasteiger partial charge >= 0.3 is 0 Å². The van der Waals surface area contributed by atoms with E-state index in [0.29, 0.717) is 29.3 Å². The number of imide groups is 1. The summed E-state index contributed by atoms with van der Waals surface area (Å²) < 4.78 is 31.8. The van der Waals surface area contributed by atoms with E-state index in [-0.39, 0.29) is 37.2 Å². The molecule has 2 saturated heterocycles. The molecule has 4 aromatic rings. The van der Waals surface area contributed by atoms with Gasteiger partial charge in [-0.3, -0.25) is 14.5 Å². The predicted octanol–water partition coefficient (Wildman–Crippen LogP) is 4.78. The van der Waals surface area contributed by atoms with Crippen molar-refractivity contribution in [3.63, 3.8) is 0 Å². The fourth-order valence-electron chi connectivity index (χ4n) is 5.86. The Labute approximate surface area is 228 Å². The van der Waals surface area contributed by atoms with Crippen LogP contribution in [0.4, 0.5) is 8.78 Å². The van der Waals surface area contributed by atoms with Gasteiger partial charge in [0.25, 0.3) is 5.92 Å². The normalized spacial score (nSPS) is 22.9. The smallest absolute Gasteiger partial charge is 0.260 e. The molecule has 11 heteroatoms. The number of hydrogen-bond acceptors (Lipinski definition) is 5. The van der Waals surface area contributed by atoms with Crippen LogP contribution in [0.2, 0.25) is 5.02 Å². The number of carbonyl (C=O) groups excluding carboxylic acids is 2. The Morgan fingerprint density at radius 1 is 1.21 bits per heavy atom. The zero-order valence-corrected chi connectivity index (χ0v) is 22.7. The molecule has 0 spiro atoms. The highest BCUT2D eigenvalue weighted by atomic mass is 35.5. The Morgan fingerprint density at radius 3 is 2.72 bits per heavy atom. The van der Waals surface area contributed by atoms with Crippen LogP contribution in [0.3, 0.4) is 0 Å². The first-order chi connectivity index (χ1) is 18.4. The van der Waals surface area contributed by atoms with Gasteiger partial charge in [-0.05, 0) is 35.7 Å². The summed E-state index contributed by atoms with van der Waals surface area (Å²) in [4.78, 5) is 31.7. The number of fused-ring (bicyclic) bond motifs is 2. The van der Waals surface area contributed by atoms with E-state index in [1.807, 2.05) is 35.0 Å². The minimum Gasteiger partial charge on any atom is -0.347 e. The Morgan fingerprint density at radius 2 is 2.00 bits per heavy atom. The highest BCUT2D eigenvalue weighted by Gasteiger charge is 2.51. The molecule has 0 aliphatic carbocycles. The highest BCUT2D eigenvalue weighted by Crippen LogP contribution is 2.39. The van der Waals surface area contributed by atoms with Gasteiger partial charge in [-0.25, -0.2) is 18.3 Å². The topological polar surface area (TPSA) is 84.5 Å². The molecule has 5 heterocycles. The van der Waals surface area contributed by atoms with E-state index in [2.05, 4.69) is 15.4 Å². The summed E-state index contributed by atoms with van der Waals surface area (Å²) >= 11 is 6.50. The molecule has 0 bridgehead atoms. The number of hydrogen-bond donors (Lipinski definition) is 1. The molecule has 3 aromatic heterocycles. The fourth-order valence-corrected chi connectivity index (χ4v) is 6.09. The molecule has 0 radical (unpaired) electrons. The second-order valence-electron chi connectivity index (χ2n) is 11.4. The van der Waals surface area contributed by atoms with Gasteiger partial charge in [0.2, 0.25) is 11.8 Å². The molecule has 204 valence electrons. The third-order valence-corrected chi connectivity index (χ3v) is 8.48. The monoisotopic (exact) mass is 554 g/mol. The molecule has 2 aliphatic heterocycles. The molecule has 2 fully saturated rings. The van der Waals surface area contributed by atoms with E-state index in [0.717, 1.165) is 22.0 Å². The maximum absolute atomic E-state index is 14.1. The number of likely N-dealkylation sites (tertiary alicyclic amines) is 1. The summed E-state index contributed by atoms with van der Waals surface area (Å²) in [6.45, 7) is 6.15. The van der Waals surface area contributed by atoms with Gasteiger partial charge in [-0.15, -0.1) is 0 Å². The predicted molar refractivity (Wildman–Crippen MR) is 143 cm³/mol. The number of halogens is 3. The number of carbonyl (C=O) groups is 2. The van der Waals surface area contributed by atoms with E-state index >= 15 is 0 Å². The summed E-state index contributed by atoms with van der Waals surface area (Å²) in [5.74, 6) is -3.75. The number of nitrogens with zero attached hydrogens (tertiary/aromatic N) is 5. The van der Waals surface area contributed by atoms with E-state index < -0.39 is 17.3 Å². The number of benzene rings is 1. The Kier molecular flexibility index (Phi) is 6.03. The van der Waals surface area contributed by atoms with Crippen molar-refractivity contribution in [1.82, 2.24) is 29.4 Å². The van der Waals surface area contributed by atoms with Crippen LogP contribution in [-0.2, 0) is 22.7 Å². The van der Waals surface area contributed by atoms with Gasteiger partial charge in [-0.2, -0.15) is 5.10 Å². The van der Waals surface area contributed by atoms with Gasteiger partial charge in [0.05, 0.1) is 35.2 Å². The molecule has 1 N–H and O–H groups in total. The van der Waals surface area contributed by atoms with Crippen LogP contribution < -0.4 is 5.32 Å². The van der Waals surface area contributed by atoms with Crippen molar-refractivity contribution in [2.75, 3.05) is 13.1 Å². The SMILES string of the molecule is CC1C(=O)N(Cc2cc3c(-c4cc(Cl)cc5ccn(CC6CNCC(F)(F)C6)c45)ncnn3c2)C(=O)C1(C)C. The third kappa shape index (κ3) is 4.39. The molecule has 2 aliphatic rings. The number of alkyl halides is 2. The standard InChI is InChI=1S/C28H29ClF2N6O2/c1-16-25(38)36(26(39)27(16,2)3)12-17-6-22-23(33-15-34-37(22)13-17)21-8-20(29)7-19-4-5-35(24(19)21)11-18-9-28(30,31)14-32-10-18/h4-8,13,15-16,18,32H,9-12,14H2,1-3H3. The first-order valence-electron chi connectivity index (χ1n) is 13.0. The van der Waals surface area contributed by atoms with Crippen molar-refractivity contribution in [3.8, 4) is 11.3 Å². The maximum Gasteiger partial charge on any atom is 0.260 e. The molecular formula is C28H29ClF2N6O2. The molecule has 8 nitrogen and oxygen atoms in total. The van der Waals surface area contributed by atoms with Gasteiger partial charge in [-0.1, -0.05) is 32.4 Å². The molecular weight excluding hydrogens is 526 g/mol. The number of piperidine rings is 1. The van der Waals surface area contributed by atoms with E-state index in [1.54, 1.807) is 31.5 Å². The minimum absolute atomic E-state index is 0.137. The van der Waals surface area contributed by atoms with Gasteiger partial charge in [0.15, 0.2) is 0 Å². The average Bonchev–Trinajstić information content (AvgIpc) is 3.51. The summed E-state index contributed by atoms with van der Waals surface area (Å²) in [5, 5.41) is 8.60. The largest absolute Gasteiger partial charge is 0.347 e. The number of rotatable bonds is 5. The van der Waals surface area contributed by atoms with Crippen LogP contribution in [0.1, 0.15) is 32.8 Å². The van der Waals surface area contributed by atoms with Crippen molar-refractivity contribution >= 4 is 39.8 Å². The molecule has 2 amide bonds. The van der Waals surface area contributed by atoms with Crippen molar-refractivity contribution in [3.05, 3.63) is 53.6 Å². The van der Waals surface area contributed by atoms with Crippen LogP contribution in [0.5, 0.6) is 0 Å². The maximum atomic E-state index is 14.1. The Hall–Kier alpha value is -3.37. The number of nitrogens with one attached hydrogen (secondary N) is 1. The lowest BCUT2D eigenvalue weighted by atomic mass is 9.82. The lowest BCUT2D eigenvalue weighted by Crippen LogP contribution is -2.45. The minimum atomic E-state index is -2.73. The second kappa shape index (κ2) is 9.09. The van der Waals surface area contributed by atoms with Crippen LogP contribution in [0.25, 0.3) is 27.7 Å². The Bertz CT molecular complexity index is 1630. The summed E-state index contributed by atoms with van der Waals surface area (Å²) in [7, 11) is 0. The zero-order chi connectivity index (χ0) is 27.7. The first kappa shape index (κ1) is 25.9. The summed E-state index contributed by atoms with van der Waals surface area (Å²) in [5.41, 5.74) is 2.88. The molecule has 2 atom stereocenters. The van der Waals surface area contributed by atoms with Crippen LogP contribution >= 0.6 is 11.6 Å². The number of aromatic nitrogens is 4. The lowest BCUT2D eigenvalue weighted by molar-refractivity contribution is -0.141. The van der Waals surface area contributed by atoms with Crippen molar-refractivity contribution in [2.45, 2.75) is 46.2 Å². The molecule has 6 rings (SSSR count). The molecule has 1 aromatic carbocycles. The van der Waals surface area contributed by atoms with Crippen molar-refractivity contribution < 1.29 is 18.4 Å². The number of amides is 2. The van der Waals surface area contributed by atoms with Gasteiger partial charge in [0.1, 0.15) is 6.33 Å². The first-order valence-corrected chi connectivity index (χ1v) is 13.4. The van der Waals surface area contributed by atoms with E-state index in [1.165, 1.54) is 11.2 Å². The van der Waals surface area contributed by atoms with Crippen LogP contribution in [-0.4, -0.2) is 54.9 Å². The lowest BCUT2D eigenvalue weighted by Gasteiger charge is -2.30. The highest BCUT2D eigenvalue weighted by molar-refractivity contribution is 6.32. The van der Waals surface area contributed by atoms with Gasteiger partial charge in [0, 0.05) is 53.8 Å². The Balaban J connectivity index is 1.40. The second-order valence-corrected chi connectivity index (χ2v) is 11.8. The summed E-state index contributed by atoms with van der Waals surface area (Å²) in [6, 6.07) is 7.47.